The van der Waals surface area contributed by atoms with Crippen LogP contribution >= 0.6 is 27.3 Å². The molecule has 0 aliphatic rings. The van der Waals surface area contributed by atoms with Crippen LogP contribution in [0.2, 0.25) is 0 Å². The zero-order chi connectivity index (χ0) is 12.8. The topological polar surface area (TPSA) is 12.0 Å². The van der Waals surface area contributed by atoms with E-state index in [9.17, 15) is 0 Å². The Bertz CT molecular complexity index is 335. The Hall–Kier alpha value is 0.140. The second-order valence-electron chi connectivity index (χ2n) is 4.65. The minimum atomic E-state index is 0.500. The van der Waals surface area contributed by atoms with E-state index < -0.39 is 0 Å². The van der Waals surface area contributed by atoms with Crippen molar-refractivity contribution in [3.05, 3.63) is 20.3 Å². The van der Waals surface area contributed by atoms with Crippen molar-refractivity contribution in [1.29, 1.82) is 0 Å². The van der Waals surface area contributed by atoms with Crippen molar-refractivity contribution in [2.24, 2.45) is 5.92 Å². The molecular formula is C14H24BrNS. The van der Waals surface area contributed by atoms with Gasteiger partial charge in [0, 0.05) is 20.3 Å². The van der Waals surface area contributed by atoms with E-state index in [1.807, 2.05) is 11.3 Å². The van der Waals surface area contributed by atoms with E-state index in [0.29, 0.717) is 6.04 Å². The van der Waals surface area contributed by atoms with Gasteiger partial charge in [0.15, 0.2) is 0 Å². The van der Waals surface area contributed by atoms with Gasteiger partial charge in [-0.3, -0.25) is 0 Å². The van der Waals surface area contributed by atoms with Crippen molar-refractivity contribution < 1.29 is 0 Å². The van der Waals surface area contributed by atoms with Crippen LogP contribution in [0.1, 0.15) is 55.3 Å². The van der Waals surface area contributed by atoms with Crippen LogP contribution in [0.5, 0.6) is 0 Å². The predicted molar refractivity (Wildman–Crippen MR) is 81.9 cm³/mol. The summed E-state index contributed by atoms with van der Waals surface area (Å²) in [7, 11) is 2.08. The van der Waals surface area contributed by atoms with E-state index >= 15 is 0 Å². The molecule has 17 heavy (non-hydrogen) atoms. The Morgan fingerprint density at radius 1 is 1.41 bits per heavy atom. The number of hydrogen-bond donors (Lipinski definition) is 1. The summed E-state index contributed by atoms with van der Waals surface area (Å²) in [6, 6.07) is 2.73. The molecule has 0 aliphatic heterocycles. The highest BCUT2D eigenvalue weighted by molar-refractivity contribution is 9.10. The SMILES string of the molecule is CCCCC(CC)C(NC)c1sc(C)cc1Br. The number of thiophene rings is 1. The maximum atomic E-state index is 3.69. The van der Waals surface area contributed by atoms with Crippen molar-refractivity contribution >= 4 is 27.3 Å². The lowest BCUT2D eigenvalue weighted by Crippen LogP contribution is -2.24. The molecular weight excluding hydrogens is 294 g/mol. The first-order valence-corrected chi connectivity index (χ1v) is 8.18. The minimum Gasteiger partial charge on any atom is -0.312 e. The zero-order valence-corrected chi connectivity index (χ0v) is 13.7. The molecule has 0 fully saturated rings. The molecule has 1 heterocycles. The third-order valence-corrected chi connectivity index (χ3v) is 5.41. The largest absolute Gasteiger partial charge is 0.312 e. The Morgan fingerprint density at radius 2 is 2.12 bits per heavy atom. The number of aryl methyl sites for hydroxylation is 1. The van der Waals surface area contributed by atoms with Crippen molar-refractivity contribution in [2.75, 3.05) is 7.05 Å². The molecule has 0 radical (unpaired) electrons. The Morgan fingerprint density at radius 3 is 2.53 bits per heavy atom. The summed E-state index contributed by atoms with van der Waals surface area (Å²) >= 11 is 5.61. The van der Waals surface area contributed by atoms with Gasteiger partial charge in [-0.15, -0.1) is 11.3 Å². The zero-order valence-electron chi connectivity index (χ0n) is 11.3. The van der Waals surface area contributed by atoms with Gasteiger partial charge < -0.3 is 5.32 Å². The third-order valence-electron chi connectivity index (χ3n) is 3.35. The van der Waals surface area contributed by atoms with Crippen LogP contribution in [0.3, 0.4) is 0 Å². The summed E-state index contributed by atoms with van der Waals surface area (Å²) in [5.41, 5.74) is 0. The molecule has 98 valence electrons. The van der Waals surface area contributed by atoms with Crippen LogP contribution < -0.4 is 5.32 Å². The Balaban J connectivity index is 2.84. The van der Waals surface area contributed by atoms with E-state index in [1.165, 1.54) is 39.9 Å². The molecule has 2 unspecified atom stereocenters. The van der Waals surface area contributed by atoms with Crippen LogP contribution in [-0.4, -0.2) is 7.05 Å². The smallest absolute Gasteiger partial charge is 0.0452 e. The molecule has 1 N–H and O–H groups in total. The summed E-state index contributed by atoms with van der Waals surface area (Å²) in [6.45, 7) is 6.75. The molecule has 1 rings (SSSR count). The molecule has 0 amide bonds. The van der Waals surface area contributed by atoms with Crippen molar-refractivity contribution in [3.8, 4) is 0 Å². The van der Waals surface area contributed by atoms with Crippen molar-refractivity contribution in [3.63, 3.8) is 0 Å². The first kappa shape index (κ1) is 15.2. The van der Waals surface area contributed by atoms with Gasteiger partial charge in [0.05, 0.1) is 0 Å². The van der Waals surface area contributed by atoms with E-state index in [-0.39, 0.29) is 0 Å². The molecule has 0 saturated heterocycles. The molecule has 0 aromatic carbocycles. The molecule has 0 aliphatic carbocycles. The van der Waals surface area contributed by atoms with Crippen LogP contribution in [0.25, 0.3) is 0 Å². The minimum absolute atomic E-state index is 0.500. The highest BCUT2D eigenvalue weighted by Crippen LogP contribution is 2.38. The molecule has 1 aromatic heterocycles. The van der Waals surface area contributed by atoms with E-state index in [0.717, 1.165) is 5.92 Å². The van der Waals surface area contributed by atoms with Gasteiger partial charge in [-0.25, -0.2) is 0 Å². The van der Waals surface area contributed by atoms with Crippen LogP contribution in [-0.2, 0) is 0 Å². The van der Waals surface area contributed by atoms with Crippen molar-refractivity contribution in [1.82, 2.24) is 5.32 Å². The lowest BCUT2D eigenvalue weighted by atomic mass is 9.90. The molecule has 1 aromatic rings. The fraction of sp³-hybridized carbons (Fsp3) is 0.714. The van der Waals surface area contributed by atoms with Gasteiger partial charge in [-0.2, -0.15) is 0 Å². The van der Waals surface area contributed by atoms with Crippen molar-refractivity contribution in [2.45, 2.75) is 52.5 Å². The first-order valence-electron chi connectivity index (χ1n) is 6.57. The summed E-state index contributed by atoms with van der Waals surface area (Å²) in [6.07, 6.45) is 5.19. The van der Waals surface area contributed by atoms with Gasteiger partial charge >= 0.3 is 0 Å². The Kier molecular flexibility index (Phi) is 6.75. The number of halogens is 1. The lowest BCUT2D eigenvalue weighted by Gasteiger charge is -2.25. The fourth-order valence-corrected chi connectivity index (χ4v) is 4.47. The number of nitrogens with one attached hydrogen (secondary N) is 1. The number of hydrogen-bond acceptors (Lipinski definition) is 2. The standard InChI is InChI=1S/C14H24BrNS/c1-5-7-8-11(6-2)13(16-4)14-12(15)9-10(3)17-14/h9,11,13,16H,5-8H2,1-4H3. The maximum absolute atomic E-state index is 3.69. The molecule has 3 heteroatoms. The van der Waals surface area contributed by atoms with Gasteiger partial charge in [0.2, 0.25) is 0 Å². The van der Waals surface area contributed by atoms with Gasteiger partial charge in [0.1, 0.15) is 0 Å². The average Bonchev–Trinajstić information content (AvgIpc) is 2.63. The number of unbranched alkanes of at least 4 members (excludes halogenated alkanes) is 1. The van der Waals surface area contributed by atoms with Crippen LogP contribution in [0.4, 0.5) is 0 Å². The third kappa shape index (κ3) is 4.08. The normalized spacial score (nSPS) is 14.9. The second kappa shape index (κ2) is 7.55. The summed E-state index contributed by atoms with van der Waals surface area (Å²) in [5, 5.41) is 3.51. The van der Waals surface area contributed by atoms with E-state index in [1.54, 1.807) is 0 Å². The molecule has 1 nitrogen and oxygen atoms in total. The molecule has 0 saturated carbocycles. The lowest BCUT2D eigenvalue weighted by molar-refractivity contribution is 0.342. The molecule has 0 bridgehead atoms. The maximum Gasteiger partial charge on any atom is 0.0452 e. The van der Waals surface area contributed by atoms with Gasteiger partial charge in [-0.05, 0) is 48.3 Å². The average molecular weight is 318 g/mol. The highest BCUT2D eigenvalue weighted by atomic mass is 79.9. The fourth-order valence-electron chi connectivity index (χ4n) is 2.37. The Labute approximate surface area is 118 Å². The summed E-state index contributed by atoms with van der Waals surface area (Å²) < 4.78 is 1.27. The van der Waals surface area contributed by atoms with Crippen LogP contribution in [0.15, 0.2) is 10.5 Å². The molecule has 2 atom stereocenters. The van der Waals surface area contributed by atoms with Gasteiger partial charge in [-0.1, -0.05) is 33.1 Å². The number of rotatable bonds is 7. The summed E-state index contributed by atoms with van der Waals surface area (Å²) in [5.74, 6) is 0.745. The molecule has 0 spiro atoms. The monoisotopic (exact) mass is 317 g/mol. The van der Waals surface area contributed by atoms with Gasteiger partial charge in [0.25, 0.3) is 0 Å². The second-order valence-corrected chi connectivity index (χ2v) is 6.79. The van der Waals surface area contributed by atoms with E-state index in [2.05, 4.69) is 55.1 Å². The highest BCUT2D eigenvalue weighted by Gasteiger charge is 2.23. The summed E-state index contributed by atoms with van der Waals surface area (Å²) in [4.78, 5) is 2.85. The van der Waals surface area contributed by atoms with E-state index in [4.69, 9.17) is 0 Å². The first-order chi connectivity index (χ1) is 8.13. The predicted octanol–water partition coefficient (Wildman–Crippen LogP) is 5.30. The van der Waals surface area contributed by atoms with Crippen LogP contribution in [0, 0.1) is 12.8 Å². The quantitative estimate of drug-likeness (QED) is 0.720.